The number of anilines is 2. The highest BCUT2D eigenvalue weighted by atomic mass is 32.2. The lowest BCUT2D eigenvalue weighted by atomic mass is 10.2. The first kappa shape index (κ1) is 15.1. The lowest BCUT2D eigenvalue weighted by Crippen LogP contribution is -2.14. The van der Waals surface area contributed by atoms with Crippen LogP contribution in [0, 0.1) is 5.92 Å². The Kier molecular flexibility index (Phi) is 5.25. The minimum absolute atomic E-state index is 0.00536. The number of amides is 1. The van der Waals surface area contributed by atoms with Crippen LogP contribution in [0.1, 0.15) is 20.3 Å². The highest BCUT2D eigenvalue weighted by Crippen LogP contribution is 2.27. The molecular weight excluding hydrogens is 290 g/mol. The maximum Gasteiger partial charge on any atom is 0.236 e. The van der Waals surface area contributed by atoms with Gasteiger partial charge in [0.2, 0.25) is 5.91 Å². The molecule has 4 nitrogen and oxygen atoms in total. The molecule has 20 heavy (non-hydrogen) atoms. The fourth-order valence-electron chi connectivity index (χ4n) is 1.63. The van der Waals surface area contributed by atoms with Crippen LogP contribution in [-0.4, -0.2) is 22.4 Å². The van der Waals surface area contributed by atoms with Crippen molar-refractivity contribution in [2.45, 2.75) is 20.3 Å². The number of nitrogen functional groups attached to an aromatic ring is 1. The van der Waals surface area contributed by atoms with Crippen LogP contribution in [0.5, 0.6) is 0 Å². The number of nitrogens with zero attached hydrogens (tertiary/aromatic N) is 1. The third kappa shape index (κ3) is 4.38. The SMILES string of the molecule is CC(C)CCSCC(=O)Nc1nc2ccc(N)cc2s1. The van der Waals surface area contributed by atoms with Gasteiger partial charge in [-0.3, -0.25) is 4.79 Å². The van der Waals surface area contributed by atoms with E-state index in [0.717, 1.165) is 22.4 Å². The molecule has 2 aromatic rings. The summed E-state index contributed by atoms with van der Waals surface area (Å²) in [7, 11) is 0. The number of carbonyl (C=O) groups is 1. The Hall–Kier alpha value is -1.27. The fraction of sp³-hybridized carbons (Fsp3) is 0.429. The van der Waals surface area contributed by atoms with Gasteiger partial charge >= 0.3 is 0 Å². The zero-order chi connectivity index (χ0) is 14.5. The minimum atomic E-state index is 0.00536. The molecule has 0 saturated carbocycles. The summed E-state index contributed by atoms with van der Waals surface area (Å²) in [4.78, 5) is 16.2. The maximum atomic E-state index is 11.8. The van der Waals surface area contributed by atoms with E-state index in [4.69, 9.17) is 5.73 Å². The standard InChI is InChI=1S/C14H19N3OS2/c1-9(2)5-6-19-8-13(18)17-14-16-11-4-3-10(15)7-12(11)20-14/h3-4,7,9H,5-6,8,15H2,1-2H3,(H,16,17,18). The molecule has 0 aliphatic carbocycles. The van der Waals surface area contributed by atoms with Crippen LogP contribution in [0.4, 0.5) is 10.8 Å². The largest absolute Gasteiger partial charge is 0.399 e. The van der Waals surface area contributed by atoms with E-state index in [9.17, 15) is 4.79 Å². The number of carbonyl (C=O) groups excluding carboxylic acids is 1. The molecule has 0 aliphatic heterocycles. The van der Waals surface area contributed by atoms with Crippen LogP contribution in [0.15, 0.2) is 18.2 Å². The summed E-state index contributed by atoms with van der Waals surface area (Å²) < 4.78 is 0.993. The van der Waals surface area contributed by atoms with Gasteiger partial charge in [-0.05, 0) is 36.3 Å². The molecular formula is C14H19N3OS2. The third-order valence-corrected chi connectivity index (χ3v) is 4.66. The van der Waals surface area contributed by atoms with Gasteiger partial charge in [0.15, 0.2) is 5.13 Å². The zero-order valence-corrected chi connectivity index (χ0v) is 13.3. The maximum absolute atomic E-state index is 11.8. The van der Waals surface area contributed by atoms with Crippen molar-refractivity contribution < 1.29 is 4.79 Å². The molecule has 1 aromatic carbocycles. The van der Waals surface area contributed by atoms with Crippen molar-refractivity contribution in [2.75, 3.05) is 22.6 Å². The number of thiazole rings is 1. The van der Waals surface area contributed by atoms with Crippen molar-refractivity contribution in [3.63, 3.8) is 0 Å². The van der Waals surface area contributed by atoms with Gasteiger partial charge in [0.25, 0.3) is 0 Å². The molecule has 0 spiro atoms. The number of nitrogens with two attached hydrogens (primary N) is 1. The Morgan fingerprint density at radius 1 is 1.50 bits per heavy atom. The summed E-state index contributed by atoms with van der Waals surface area (Å²) in [5.41, 5.74) is 7.31. The first-order chi connectivity index (χ1) is 9.54. The highest BCUT2D eigenvalue weighted by Gasteiger charge is 2.08. The summed E-state index contributed by atoms with van der Waals surface area (Å²) in [6.45, 7) is 4.38. The summed E-state index contributed by atoms with van der Waals surface area (Å²) >= 11 is 3.11. The molecule has 6 heteroatoms. The van der Waals surface area contributed by atoms with Crippen molar-refractivity contribution >= 4 is 50.0 Å². The molecule has 0 aliphatic rings. The lowest BCUT2D eigenvalue weighted by molar-refractivity contribution is -0.113. The Balaban J connectivity index is 1.86. The van der Waals surface area contributed by atoms with E-state index in [0.29, 0.717) is 22.5 Å². The van der Waals surface area contributed by atoms with Crippen LogP contribution in [0.3, 0.4) is 0 Å². The first-order valence-corrected chi connectivity index (χ1v) is 8.55. The number of rotatable bonds is 6. The van der Waals surface area contributed by atoms with Crippen molar-refractivity contribution in [3.05, 3.63) is 18.2 Å². The molecule has 1 aromatic heterocycles. The number of hydrogen-bond acceptors (Lipinski definition) is 5. The molecule has 0 atom stereocenters. The van der Waals surface area contributed by atoms with Crippen LogP contribution in [-0.2, 0) is 4.79 Å². The molecule has 0 saturated heterocycles. The van der Waals surface area contributed by atoms with E-state index in [1.165, 1.54) is 11.3 Å². The van der Waals surface area contributed by atoms with Gasteiger partial charge in [-0.25, -0.2) is 4.98 Å². The lowest BCUT2D eigenvalue weighted by Gasteiger charge is -2.04. The monoisotopic (exact) mass is 309 g/mol. The van der Waals surface area contributed by atoms with Crippen LogP contribution < -0.4 is 11.1 Å². The van der Waals surface area contributed by atoms with Crippen LogP contribution in [0.2, 0.25) is 0 Å². The van der Waals surface area contributed by atoms with Crippen LogP contribution >= 0.6 is 23.1 Å². The van der Waals surface area contributed by atoms with Crippen molar-refractivity contribution in [2.24, 2.45) is 5.92 Å². The number of benzene rings is 1. The molecule has 1 amide bonds. The second-order valence-corrected chi connectivity index (χ2v) is 7.17. The van der Waals surface area contributed by atoms with E-state index in [-0.39, 0.29) is 5.91 Å². The van der Waals surface area contributed by atoms with E-state index >= 15 is 0 Å². The predicted molar refractivity (Wildman–Crippen MR) is 89.4 cm³/mol. The summed E-state index contributed by atoms with van der Waals surface area (Å²) in [6.07, 6.45) is 1.14. The average Bonchev–Trinajstić information content (AvgIpc) is 2.75. The van der Waals surface area contributed by atoms with Gasteiger partial charge in [0.05, 0.1) is 16.0 Å². The second kappa shape index (κ2) is 6.95. The molecule has 108 valence electrons. The van der Waals surface area contributed by atoms with E-state index in [2.05, 4.69) is 24.1 Å². The summed E-state index contributed by atoms with van der Waals surface area (Å²) in [5.74, 6) is 2.18. The van der Waals surface area contributed by atoms with Crippen LogP contribution in [0.25, 0.3) is 10.2 Å². The molecule has 0 fully saturated rings. The molecule has 1 heterocycles. The Bertz CT molecular complexity index is 595. The fourth-order valence-corrected chi connectivity index (χ4v) is 3.60. The molecule has 3 N–H and O–H groups in total. The van der Waals surface area contributed by atoms with Crippen molar-refractivity contribution in [3.8, 4) is 0 Å². The van der Waals surface area contributed by atoms with E-state index < -0.39 is 0 Å². The van der Waals surface area contributed by atoms with Gasteiger partial charge in [-0.15, -0.1) is 0 Å². The van der Waals surface area contributed by atoms with Gasteiger partial charge in [0.1, 0.15) is 0 Å². The normalized spacial score (nSPS) is 11.2. The van der Waals surface area contributed by atoms with Crippen molar-refractivity contribution in [1.29, 1.82) is 0 Å². The Morgan fingerprint density at radius 3 is 3.05 bits per heavy atom. The molecule has 2 rings (SSSR count). The zero-order valence-electron chi connectivity index (χ0n) is 11.7. The second-order valence-electron chi connectivity index (χ2n) is 5.03. The van der Waals surface area contributed by atoms with E-state index in [1.807, 2.05) is 18.2 Å². The Morgan fingerprint density at radius 2 is 2.30 bits per heavy atom. The van der Waals surface area contributed by atoms with Gasteiger partial charge < -0.3 is 11.1 Å². The Labute approximate surface area is 127 Å². The topological polar surface area (TPSA) is 68.0 Å². The predicted octanol–water partition coefficient (Wildman–Crippen LogP) is 3.60. The average molecular weight is 309 g/mol. The number of thioether (sulfide) groups is 1. The first-order valence-electron chi connectivity index (χ1n) is 6.58. The van der Waals surface area contributed by atoms with E-state index in [1.54, 1.807) is 11.8 Å². The number of aromatic nitrogens is 1. The quantitative estimate of drug-likeness (QED) is 0.632. The number of hydrogen-bond donors (Lipinski definition) is 2. The summed E-state index contributed by atoms with van der Waals surface area (Å²) in [5, 5.41) is 3.48. The van der Waals surface area contributed by atoms with Crippen molar-refractivity contribution in [1.82, 2.24) is 4.98 Å². The minimum Gasteiger partial charge on any atom is -0.399 e. The number of nitrogens with one attached hydrogen (secondary N) is 1. The molecule has 0 radical (unpaired) electrons. The van der Waals surface area contributed by atoms with Gasteiger partial charge in [0, 0.05) is 5.69 Å². The highest BCUT2D eigenvalue weighted by molar-refractivity contribution is 7.99. The molecule has 0 bridgehead atoms. The van der Waals surface area contributed by atoms with Gasteiger partial charge in [-0.1, -0.05) is 25.2 Å². The molecule has 0 unspecified atom stereocenters. The number of fused-ring (bicyclic) bond motifs is 1. The third-order valence-electron chi connectivity index (χ3n) is 2.73. The van der Waals surface area contributed by atoms with Gasteiger partial charge in [-0.2, -0.15) is 11.8 Å². The summed E-state index contributed by atoms with van der Waals surface area (Å²) in [6, 6.07) is 5.56. The smallest absolute Gasteiger partial charge is 0.236 e.